The molecule has 3 N–H and O–H groups in total. The maximum atomic E-state index is 12.6. The highest BCUT2D eigenvalue weighted by atomic mass is 35.5. The summed E-state index contributed by atoms with van der Waals surface area (Å²) in [6.07, 6.45) is -0.197. The molecule has 2 rings (SSSR count). The van der Waals surface area contributed by atoms with Crippen molar-refractivity contribution in [3.05, 3.63) is 70.7 Å². The summed E-state index contributed by atoms with van der Waals surface area (Å²) < 4.78 is 0. The van der Waals surface area contributed by atoms with Gasteiger partial charge in [0.15, 0.2) is 0 Å². The minimum absolute atomic E-state index is 0.0236. The molecule has 0 saturated carbocycles. The monoisotopic (exact) mass is 388 g/mol. The van der Waals surface area contributed by atoms with E-state index in [1.807, 2.05) is 30.3 Å². The van der Waals surface area contributed by atoms with Crippen molar-refractivity contribution in [3.63, 3.8) is 0 Å². The molecular formula is C20H21ClN2O4. The Kier molecular flexibility index (Phi) is 7.37. The van der Waals surface area contributed by atoms with Gasteiger partial charge in [-0.25, -0.2) is 0 Å². The Labute approximate surface area is 162 Å². The molecule has 2 atom stereocenters. The van der Waals surface area contributed by atoms with Crippen LogP contribution in [0.1, 0.15) is 41.7 Å². The Morgan fingerprint density at radius 1 is 0.963 bits per heavy atom. The molecule has 0 aliphatic heterocycles. The molecule has 0 aromatic heterocycles. The van der Waals surface area contributed by atoms with Crippen LogP contribution in [-0.2, 0) is 9.59 Å². The summed E-state index contributed by atoms with van der Waals surface area (Å²) >= 11 is 6.08. The van der Waals surface area contributed by atoms with E-state index in [1.54, 1.807) is 31.2 Å². The van der Waals surface area contributed by atoms with Crippen LogP contribution in [0.2, 0.25) is 5.02 Å². The lowest BCUT2D eigenvalue weighted by atomic mass is 10.0. The highest BCUT2D eigenvalue weighted by Crippen LogP contribution is 2.20. The van der Waals surface area contributed by atoms with Crippen LogP contribution in [0.5, 0.6) is 0 Å². The smallest absolute Gasteiger partial charge is 0.305 e. The number of rotatable bonds is 8. The third-order valence-electron chi connectivity index (χ3n) is 3.90. The van der Waals surface area contributed by atoms with E-state index >= 15 is 0 Å². The van der Waals surface area contributed by atoms with Crippen molar-refractivity contribution in [2.24, 2.45) is 0 Å². The number of carbonyl (C=O) groups excluding carboxylic acids is 2. The largest absolute Gasteiger partial charge is 0.481 e. The van der Waals surface area contributed by atoms with E-state index < -0.39 is 18.1 Å². The van der Waals surface area contributed by atoms with Crippen LogP contribution in [0.25, 0.3) is 0 Å². The summed E-state index contributed by atoms with van der Waals surface area (Å²) in [6.45, 7) is 1.62. The summed E-state index contributed by atoms with van der Waals surface area (Å²) in [4.78, 5) is 35.7. The standard InChI is InChI=1S/C20H21ClN2O4/c1-13(11-19(25)26)22-18(24)12-17(14-7-3-2-4-8-14)23-20(27)15-9-5-6-10-16(15)21/h2-10,13,17H,11-12H2,1H3,(H,22,24)(H,23,27)(H,25,26). The number of carboxylic acid groups (broad SMARTS) is 1. The van der Waals surface area contributed by atoms with E-state index in [1.165, 1.54) is 0 Å². The number of amides is 2. The van der Waals surface area contributed by atoms with Gasteiger partial charge in [0.1, 0.15) is 0 Å². The molecule has 0 radical (unpaired) electrons. The van der Waals surface area contributed by atoms with Gasteiger partial charge in [0.2, 0.25) is 5.91 Å². The molecule has 0 bridgehead atoms. The summed E-state index contributed by atoms with van der Waals surface area (Å²) in [5.41, 5.74) is 1.08. The van der Waals surface area contributed by atoms with E-state index in [2.05, 4.69) is 10.6 Å². The quantitative estimate of drug-likeness (QED) is 0.647. The Morgan fingerprint density at radius 3 is 2.22 bits per heavy atom. The lowest BCUT2D eigenvalue weighted by Gasteiger charge is -2.20. The topological polar surface area (TPSA) is 95.5 Å². The van der Waals surface area contributed by atoms with Gasteiger partial charge in [0, 0.05) is 6.04 Å². The van der Waals surface area contributed by atoms with Crippen LogP contribution in [0, 0.1) is 0 Å². The summed E-state index contributed by atoms with van der Waals surface area (Å²) in [7, 11) is 0. The molecule has 7 heteroatoms. The number of hydrogen-bond donors (Lipinski definition) is 3. The Hall–Kier alpha value is -2.86. The van der Waals surface area contributed by atoms with Crippen molar-refractivity contribution in [2.45, 2.75) is 31.8 Å². The van der Waals surface area contributed by atoms with Gasteiger partial charge in [-0.3, -0.25) is 14.4 Å². The lowest BCUT2D eigenvalue weighted by Crippen LogP contribution is -2.38. The Morgan fingerprint density at radius 2 is 1.59 bits per heavy atom. The molecule has 0 saturated heterocycles. The first-order valence-corrected chi connectivity index (χ1v) is 8.86. The minimum Gasteiger partial charge on any atom is -0.481 e. The molecule has 6 nitrogen and oxygen atoms in total. The number of carboxylic acids is 1. The molecule has 2 unspecified atom stereocenters. The highest BCUT2D eigenvalue weighted by molar-refractivity contribution is 6.33. The minimum atomic E-state index is -0.991. The fraction of sp³-hybridized carbons (Fsp3) is 0.250. The van der Waals surface area contributed by atoms with Crippen LogP contribution in [0.4, 0.5) is 0 Å². The van der Waals surface area contributed by atoms with Crippen molar-refractivity contribution >= 4 is 29.4 Å². The van der Waals surface area contributed by atoms with Crippen molar-refractivity contribution in [1.29, 1.82) is 0 Å². The third kappa shape index (κ3) is 6.42. The molecule has 2 aromatic rings. The fourth-order valence-electron chi connectivity index (χ4n) is 2.65. The first-order valence-electron chi connectivity index (χ1n) is 8.48. The van der Waals surface area contributed by atoms with Crippen LogP contribution in [0.15, 0.2) is 54.6 Å². The Bertz CT molecular complexity index is 811. The van der Waals surface area contributed by atoms with Crippen LogP contribution in [-0.4, -0.2) is 28.9 Å². The molecule has 27 heavy (non-hydrogen) atoms. The van der Waals surface area contributed by atoms with E-state index in [0.717, 1.165) is 5.56 Å². The molecule has 0 aliphatic carbocycles. The summed E-state index contributed by atoms with van der Waals surface area (Å²) in [5, 5.41) is 14.6. The molecular weight excluding hydrogens is 368 g/mol. The van der Waals surface area contributed by atoms with E-state index in [0.29, 0.717) is 10.6 Å². The zero-order valence-electron chi connectivity index (χ0n) is 14.8. The number of aliphatic carboxylic acids is 1. The molecule has 0 fully saturated rings. The van der Waals surface area contributed by atoms with E-state index in [4.69, 9.17) is 16.7 Å². The summed E-state index contributed by atoms with van der Waals surface area (Å²) in [6, 6.07) is 14.7. The average molecular weight is 389 g/mol. The Balaban J connectivity index is 2.13. The maximum absolute atomic E-state index is 12.6. The number of benzene rings is 2. The zero-order valence-corrected chi connectivity index (χ0v) is 15.6. The second-order valence-corrected chi connectivity index (χ2v) is 6.59. The van der Waals surface area contributed by atoms with Crippen LogP contribution >= 0.6 is 11.6 Å². The van der Waals surface area contributed by atoms with Crippen LogP contribution in [0.3, 0.4) is 0 Å². The molecule has 142 valence electrons. The normalized spacial score (nSPS) is 12.7. The van der Waals surface area contributed by atoms with Gasteiger partial charge in [-0.1, -0.05) is 54.1 Å². The van der Waals surface area contributed by atoms with E-state index in [-0.39, 0.29) is 24.7 Å². The van der Waals surface area contributed by atoms with E-state index in [9.17, 15) is 14.4 Å². The number of nitrogens with one attached hydrogen (secondary N) is 2. The van der Waals surface area contributed by atoms with Crippen molar-refractivity contribution < 1.29 is 19.5 Å². The number of hydrogen-bond acceptors (Lipinski definition) is 3. The molecule has 0 aliphatic rings. The van der Waals surface area contributed by atoms with Gasteiger partial charge in [0.05, 0.1) is 29.5 Å². The van der Waals surface area contributed by atoms with Crippen LogP contribution < -0.4 is 10.6 Å². The van der Waals surface area contributed by atoms with Gasteiger partial charge in [-0.05, 0) is 24.6 Å². The van der Waals surface area contributed by atoms with Gasteiger partial charge in [-0.15, -0.1) is 0 Å². The zero-order chi connectivity index (χ0) is 19.8. The maximum Gasteiger partial charge on any atom is 0.305 e. The molecule has 2 amide bonds. The molecule has 0 heterocycles. The first-order chi connectivity index (χ1) is 12.9. The third-order valence-corrected chi connectivity index (χ3v) is 4.23. The number of halogens is 1. The van der Waals surface area contributed by atoms with Gasteiger partial charge < -0.3 is 15.7 Å². The second kappa shape index (κ2) is 9.73. The van der Waals surface area contributed by atoms with Crippen molar-refractivity contribution in [2.75, 3.05) is 0 Å². The summed E-state index contributed by atoms with van der Waals surface area (Å²) in [5.74, 6) is -1.73. The lowest BCUT2D eigenvalue weighted by molar-refractivity contribution is -0.137. The molecule has 2 aromatic carbocycles. The average Bonchev–Trinajstić information content (AvgIpc) is 2.61. The van der Waals surface area contributed by atoms with Gasteiger partial charge in [0.25, 0.3) is 5.91 Å². The highest BCUT2D eigenvalue weighted by Gasteiger charge is 2.21. The fourth-order valence-corrected chi connectivity index (χ4v) is 2.87. The van der Waals surface area contributed by atoms with Gasteiger partial charge in [-0.2, -0.15) is 0 Å². The van der Waals surface area contributed by atoms with Crippen molar-refractivity contribution in [3.8, 4) is 0 Å². The number of carbonyl (C=O) groups is 3. The molecule has 0 spiro atoms. The predicted octanol–water partition coefficient (Wildman–Crippen LogP) is 3.18. The SMILES string of the molecule is CC(CC(=O)O)NC(=O)CC(NC(=O)c1ccccc1Cl)c1ccccc1. The van der Waals surface area contributed by atoms with Crippen molar-refractivity contribution in [1.82, 2.24) is 10.6 Å². The first kappa shape index (κ1) is 20.5. The second-order valence-electron chi connectivity index (χ2n) is 6.19. The van der Waals surface area contributed by atoms with Gasteiger partial charge >= 0.3 is 5.97 Å². The predicted molar refractivity (Wildman–Crippen MR) is 103 cm³/mol.